The van der Waals surface area contributed by atoms with E-state index in [4.69, 9.17) is 0 Å². The number of aryl methyl sites for hydroxylation is 1. The van der Waals surface area contributed by atoms with Gasteiger partial charge in [-0.1, -0.05) is 18.2 Å². The molecule has 0 radical (unpaired) electrons. The zero-order valence-electron chi connectivity index (χ0n) is 14.5. The summed E-state index contributed by atoms with van der Waals surface area (Å²) in [4.78, 5) is 16.6. The third-order valence-electron chi connectivity index (χ3n) is 4.91. The van der Waals surface area contributed by atoms with Gasteiger partial charge in [0.25, 0.3) is 0 Å². The van der Waals surface area contributed by atoms with E-state index >= 15 is 0 Å². The van der Waals surface area contributed by atoms with E-state index in [9.17, 15) is 9.18 Å². The molecule has 0 atom stereocenters. The van der Waals surface area contributed by atoms with Gasteiger partial charge in [0.05, 0.1) is 18.3 Å². The molecule has 1 aliphatic rings. The van der Waals surface area contributed by atoms with E-state index in [0.717, 1.165) is 29.7 Å². The summed E-state index contributed by atoms with van der Waals surface area (Å²) in [5.74, 6) is -0.0722. The average molecular weight is 352 g/mol. The molecule has 2 aromatic carbocycles. The van der Waals surface area contributed by atoms with Gasteiger partial charge in [0.15, 0.2) is 0 Å². The van der Waals surface area contributed by atoms with Crippen LogP contribution in [0, 0.1) is 5.82 Å². The van der Waals surface area contributed by atoms with E-state index in [1.165, 1.54) is 12.1 Å². The highest BCUT2D eigenvalue weighted by molar-refractivity contribution is 5.79. The summed E-state index contributed by atoms with van der Waals surface area (Å²) >= 11 is 0. The molecule has 5 nitrogen and oxygen atoms in total. The molecule has 0 N–H and O–H groups in total. The van der Waals surface area contributed by atoms with Gasteiger partial charge in [-0.05, 0) is 30.3 Å². The van der Waals surface area contributed by atoms with Crippen molar-refractivity contribution in [1.82, 2.24) is 14.7 Å². The normalized spacial score (nSPS) is 14.8. The average Bonchev–Trinajstić information content (AvgIpc) is 3.10. The minimum Gasteiger partial charge on any atom is -0.368 e. The van der Waals surface area contributed by atoms with Crippen LogP contribution in [0.1, 0.15) is 6.42 Å². The van der Waals surface area contributed by atoms with E-state index in [0.29, 0.717) is 26.1 Å². The first-order chi connectivity index (χ1) is 12.7. The molecule has 0 aliphatic carbocycles. The monoisotopic (exact) mass is 352 g/mol. The number of aromatic nitrogens is 2. The van der Waals surface area contributed by atoms with Crippen molar-refractivity contribution in [1.29, 1.82) is 0 Å². The van der Waals surface area contributed by atoms with Crippen LogP contribution in [0.4, 0.5) is 10.1 Å². The fourth-order valence-electron chi connectivity index (χ4n) is 3.43. The van der Waals surface area contributed by atoms with Gasteiger partial charge in [-0.2, -0.15) is 5.10 Å². The van der Waals surface area contributed by atoms with Crippen LogP contribution in [0.15, 0.2) is 54.7 Å². The number of fused-ring (bicyclic) bond motifs is 1. The van der Waals surface area contributed by atoms with Crippen LogP contribution in [0.25, 0.3) is 10.9 Å². The number of amides is 1. The molecule has 4 rings (SSSR count). The van der Waals surface area contributed by atoms with Crippen molar-refractivity contribution in [2.75, 3.05) is 31.1 Å². The zero-order valence-corrected chi connectivity index (χ0v) is 14.5. The maximum Gasteiger partial charge on any atom is 0.224 e. The Balaban J connectivity index is 1.31. The van der Waals surface area contributed by atoms with E-state index < -0.39 is 0 Å². The van der Waals surface area contributed by atoms with Gasteiger partial charge in [-0.15, -0.1) is 0 Å². The predicted molar refractivity (Wildman–Crippen MR) is 99.5 cm³/mol. The summed E-state index contributed by atoms with van der Waals surface area (Å²) in [7, 11) is 0. The first kappa shape index (κ1) is 16.6. The summed E-state index contributed by atoms with van der Waals surface area (Å²) in [5, 5.41) is 5.47. The number of carbonyl (C=O) groups is 1. The molecule has 0 bridgehead atoms. The highest BCUT2D eigenvalue weighted by Crippen LogP contribution is 2.18. The third-order valence-corrected chi connectivity index (χ3v) is 4.91. The van der Waals surface area contributed by atoms with Gasteiger partial charge in [0.2, 0.25) is 5.91 Å². The summed E-state index contributed by atoms with van der Waals surface area (Å²) < 4.78 is 14.9. The molecular weight excluding hydrogens is 331 g/mol. The summed E-state index contributed by atoms with van der Waals surface area (Å²) in [5.41, 5.74) is 2.06. The molecule has 134 valence electrons. The lowest BCUT2D eigenvalue weighted by Crippen LogP contribution is -2.49. The third kappa shape index (κ3) is 3.40. The number of nitrogens with zero attached hydrogens (tertiary/aromatic N) is 4. The number of anilines is 1. The van der Waals surface area contributed by atoms with Crippen molar-refractivity contribution in [3.8, 4) is 0 Å². The number of carbonyl (C=O) groups excluding carboxylic acids is 1. The minimum atomic E-state index is -0.228. The Morgan fingerprint density at radius 3 is 2.50 bits per heavy atom. The van der Waals surface area contributed by atoms with Gasteiger partial charge in [-0.3, -0.25) is 9.48 Å². The van der Waals surface area contributed by atoms with Crippen molar-refractivity contribution in [3.05, 3.63) is 60.5 Å². The number of hydrogen-bond donors (Lipinski definition) is 0. The zero-order chi connectivity index (χ0) is 17.9. The standard InChI is InChI=1S/C20H21FN4O/c21-17-5-7-18(8-6-17)23-11-13-24(14-12-23)20(26)9-10-25-19-4-2-1-3-16(19)15-22-25/h1-8,15H,9-14H2. The lowest BCUT2D eigenvalue weighted by Gasteiger charge is -2.36. The van der Waals surface area contributed by atoms with Gasteiger partial charge >= 0.3 is 0 Å². The molecule has 0 unspecified atom stereocenters. The number of rotatable bonds is 4. The highest BCUT2D eigenvalue weighted by Gasteiger charge is 2.21. The van der Waals surface area contributed by atoms with Crippen LogP contribution < -0.4 is 4.90 Å². The second-order valence-electron chi connectivity index (χ2n) is 6.52. The smallest absolute Gasteiger partial charge is 0.224 e. The molecule has 1 amide bonds. The SMILES string of the molecule is O=C(CCn1ncc2ccccc21)N1CCN(c2ccc(F)cc2)CC1. The van der Waals surface area contributed by atoms with Crippen molar-refractivity contribution in [2.45, 2.75) is 13.0 Å². The van der Waals surface area contributed by atoms with Gasteiger partial charge < -0.3 is 9.80 Å². The van der Waals surface area contributed by atoms with Crippen LogP contribution in [-0.4, -0.2) is 46.8 Å². The molecular formula is C20H21FN4O. The largest absolute Gasteiger partial charge is 0.368 e. The number of halogens is 1. The second-order valence-corrected chi connectivity index (χ2v) is 6.52. The molecule has 3 aromatic rings. The summed E-state index contributed by atoms with van der Waals surface area (Å²) in [6.45, 7) is 3.50. The van der Waals surface area contributed by atoms with E-state index in [-0.39, 0.29) is 11.7 Å². The van der Waals surface area contributed by atoms with E-state index in [1.807, 2.05) is 40.0 Å². The Labute approximate surface area is 151 Å². The first-order valence-electron chi connectivity index (χ1n) is 8.89. The predicted octanol–water partition coefficient (Wildman–Crippen LogP) is 2.91. The molecule has 1 aromatic heterocycles. The minimum absolute atomic E-state index is 0.156. The number of benzene rings is 2. The van der Waals surface area contributed by atoms with Crippen LogP contribution in [0.3, 0.4) is 0 Å². The lowest BCUT2D eigenvalue weighted by atomic mass is 10.2. The number of piperazine rings is 1. The maximum absolute atomic E-state index is 13.0. The second kappa shape index (κ2) is 7.15. The maximum atomic E-state index is 13.0. The Kier molecular flexibility index (Phi) is 4.56. The molecule has 6 heteroatoms. The van der Waals surface area contributed by atoms with Crippen molar-refractivity contribution in [3.63, 3.8) is 0 Å². The van der Waals surface area contributed by atoms with Crippen LogP contribution in [-0.2, 0) is 11.3 Å². The summed E-state index contributed by atoms with van der Waals surface area (Å²) in [6.07, 6.45) is 2.28. The Hall–Kier alpha value is -2.89. The topological polar surface area (TPSA) is 41.4 Å². The fourth-order valence-corrected chi connectivity index (χ4v) is 3.43. The van der Waals surface area contributed by atoms with Crippen LogP contribution in [0.2, 0.25) is 0 Å². The van der Waals surface area contributed by atoms with Gasteiger partial charge in [0, 0.05) is 43.7 Å². The molecule has 1 fully saturated rings. The Morgan fingerprint density at radius 2 is 1.73 bits per heavy atom. The van der Waals surface area contributed by atoms with Gasteiger partial charge in [-0.25, -0.2) is 4.39 Å². The summed E-state index contributed by atoms with van der Waals surface area (Å²) in [6, 6.07) is 14.5. The van der Waals surface area contributed by atoms with Crippen molar-refractivity contribution < 1.29 is 9.18 Å². The molecule has 0 saturated carbocycles. The molecule has 1 saturated heterocycles. The van der Waals surface area contributed by atoms with Crippen molar-refractivity contribution in [2.24, 2.45) is 0 Å². The molecule has 1 aliphatic heterocycles. The van der Waals surface area contributed by atoms with Crippen LogP contribution in [0.5, 0.6) is 0 Å². The molecule has 26 heavy (non-hydrogen) atoms. The van der Waals surface area contributed by atoms with Gasteiger partial charge in [0.1, 0.15) is 5.82 Å². The molecule has 2 heterocycles. The molecule has 0 spiro atoms. The Bertz CT molecular complexity index is 898. The quantitative estimate of drug-likeness (QED) is 0.725. The highest BCUT2D eigenvalue weighted by atomic mass is 19.1. The fraction of sp³-hybridized carbons (Fsp3) is 0.300. The first-order valence-corrected chi connectivity index (χ1v) is 8.89. The number of hydrogen-bond acceptors (Lipinski definition) is 3. The number of para-hydroxylation sites is 1. The van der Waals surface area contributed by atoms with Crippen LogP contribution >= 0.6 is 0 Å². The van der Waals surface area contributed by atoms with E-state index in [1.54, 1.807) is 12.1 Å². The van der Waals surface area contributed by atoms with Crippen molar-refractivity contribution >= 4 is 22.5 Å². The lowest BCUT2D eigenvalue weighted by molar-refractivity contribution is -0.131. The Morgan fingerprint density at radius 1 is 1.00 bits per heavy atom. The van der Waals surface area contributed by atoms with E-state index in [2.05, 4.69) is 10.00 Å².